The predicted octanol–water partition coefficient (Wildman–Crippen LogP) is 2.97. The van der Waals surface area contributed by atoms with E-state index in [1.165, 1.54) is 0 Å². The van der Waals surface area contributed by atoms with Gasteiger partial charge in [-0.2, -0.15) is 0 Å². The lowest BCUT2D eigenvalue weighted by atomic mass is 10.3. The predicted molar refractivity (Wildman–Crippen MR) is 53.0 cm³/mol. The lowest BCUT2D eigenvalue weighted by Gasteiger charge is -1.94. The quantitative estimate of drug-likeness (QED) is 0.717. The zero-order valence-electron chi connectivity index (χ0n) is 6.07. The van der Waals surface area contributed by atoms with E-state index >= 15 is 0 Å². The van der Waals surface area contributed by atoms with Crippen LogP contribution in [0.15, 0.2) is 34.6 Å². The van der Waals surface area contributed by atoms with Crippen LogP contribution in [0.4, 0.5) is 0 Å². The molecule has 0 saturated carbocycles. The van der Waals surface area contributed by atoms with Crippen LogP contribution in [0.25, 0.3) is 10.4 Å². The van der Waals surface area contributed by atoms with E-state index in [-0.39, 0.29) is 0 Å². The third-order valence-electron chi connectivity index (χ3n) is 1.44. The highest BCUT2D eigenvalue weighted by atomic mass is 79.9. The highest BCUT2D eigenvalue weighted by Gasteiger charge is 1.98. The molecule has 0 amide bonds. The van der Waals surface area contributed by atoms with Crippen molar-refractivity contribution >= 4 is 27.3 Å². The van der Waals surface area contributed by atoms with Crippen molar-refractivity contribution in [2.75, 3.05) is 0 Å². The van der Waals surface area contributed by atoms with Gasteiger partial charge in [0.2, 0.25) is 0 Å². The van der Waals surface area contributed by atoms with E-state index in [1.807, 2.05) is 30.0 Å². The van der Waals surface area contributed by atoms with Crippen LogP contribution < -0.4 is 0 Å². The molecule has 0 aliphatic heterocycles. The Morgan fingerprint density at radius 2 is 2.17 bits per heavy atom. The van der Waals surface area contributed by atoms with Crippen LogP contribution in [0, 0.1) is 0 Å². The topological polar surface area (TPSA) is 25.8 Å². The van der Waals surface area contributed by atoms with Crippen LogP contribution in [0.1, 0.15) is 0 Å². The maximum absolute atomic E-state index is 4.13. The fraction of sp³-hybridized carbons (Fsp3) is 0. The number of pyridine rings is 1. The third kappa shape index (κ3) is 1.54. The Kier molecular flexibility index (Phi) is 2.19. The zero-order chi connectivity index (χ0) is 8.39. The molecule has 0 aliphatic rings. The van der Waals surface area contributed by atoms with E-state index < -0.39 is 0 Å². The molecule has 0 unspecified atom stereocenters. The van der Waals surface area contributed by atoms with E-state index in [1.54, 1.807) is 11.3 Å². The summed E-state index contributed by atoms with van der Waals surface area (Å²) < 4.78 is 0.857. The molecule has 0 radical (unpaired) electrons. The zero-order valence-corrected chi connectivity index (χ0v) is 8.47. The van der Waals surface area contributed by atoms with Gasteiger partial charge in [0.25, 0.3) is 0 Å². The molecule has 0 aliphatic carbocycles. The summed E-state index contributed by atoms with van der Waals surface area (Å²) in [5.41, 5.74) is 2.93. The van der Waals surface area contributed by atoms with Crippen molar-refractivity contribution in [3.63, 3.8) is 0 Å². The highest BCUT2D eigenvalue weighted by molar-refractivity contribution is 9.10. The van der Waals surface area contributed by atoms with E-state index in [4.69, 9.17) is 0 Å². The molecule has 2 heterocycles. The summed E-state index contributed by atoms with van der Waals surface area (Å²) >= 11 is 4.90. The summed E-state index contributed by atoms with van der Waals surface area (Å²) in [7, 11) is 0. The molecule has 2 nitrogen and oxygen atoms in total. The van der Waals surface area contributed by atoms with Crippen molar-refractivity contribution in [2.24, 2.45) is 0 Å². The van der Waals surface area contributed by atoms with Crippen molar-refractivity contribution in [2.45, 2.75) is 0 Å². The van der Waals surface area contributed by atoms with Crippen molar-refractivity contribution in [3.8, 4) is 10.4 Å². The number of aromatic nitrogens is 2. The molecule has 4 heteroatoms. The van der Waals surface area contributed by atoms with Gasteiger partial charge < -0.3 is 0 Å². The van der Waals surface area contributed by atoms with Crippen molar-refractivity contribution in [3.05, 3.63) is 34.6 Å². The third-order valence-corrected chi connectivity index (χ3v) is 2.74. The Morgan fingerprint density at radius 1 is 1.25 bits per heavy atom. The molecule has 0 N–H and O–H groups in total. The SMILES string of the molecule is Brc1ccc(-c2cncs2)cn1. The molecule has 0 aromatic carbocycles. The van der Waals surface area contributed by atoms with Crippen LogP contribution in [0.2, 0.25) is 0 Å². The number of hydrogen-bond donors (Lipinski definition) is 0. The monoisotopic (exact) mass is 240 g/mol. The Bertz CT molecular complexity index is 355. The van der Waals surface area contributed by atoms with Gasteiger partial charge in [0.1, 0.15) is 4.60 Å². The fourth-order valence-corrected chi connectivity index (χ4v) is 1.73. The lowest BCUT2D eigenvalue weighted by molar-refractivity contribution is 1.28. The van der Waals surface area contributed by atoms with Gasteiger partial charge in [0, 0.05) is 18.0 Å². The van der Waals surface area contributed by atoms with Crippen LogP contribution in [0.3, 0.4) is 0 Å². The van der Waals surface area contributed by atoms with Gasteiger partial charge in [0.15, 0.2) is 0 Å². The minimum Gasteiger partial charge on any atom is -0.252 e. The highest BCUT2D eigenvalue weighted by Crippen LogP contribution is 2.22. The molecule has 2 aromatic heterocycles. The second-order valence-electron chi connectivity index (χ2n) is 2.24. The summed E-state index contributed by atoms with van der Waals surface area (Å²) in [6, 6.07) is 3.94. The molecular formula is C8H5BrN2S. The standard InChI is InChI=1S/C8H5BrN2S/c9-8-2-1-6(3-11-8)7-4-10-5-12-7/h1-5H. The van der Waals surface area contributed by atoms with E-state index in [0.29, 0.717) is 0 Å². The number of thiazole rings is 1. The second-order valence-corrected chi connectivity index (χ2v) is 3.93. The molecule has 12 heavy (non-hydrogen) atoms. The van der Waals surface area contributed by atoms with Gasteiger partial charge in [-0.05, 0) is 28.1 Å². The number of nitrogens with zero attached hydrogens (tertiary/aromatic N) is 2. The Morgan fingerprint density at radius 3 is 2.75 bits per heavy atom. The average Bonchev–Trinajstić information content (AvgIpc) is 2.58. The Balaban J connectivity index is 2.43. The molecule has 0 saturated heterocycles. The minimum atomic E-state index is 0.857. The molecule has 0 spiro atoms. The largest absolute Gasteiger partial charge is 0.252 e. The van der Waals surface area contributed by atoms with Crippen molar-refractivity contribution < 1.29 is 0 Å². The summed E-state index contributed by atoms with van der Waals surface area (Å²) in [6.45, 7) is 0. The van der Waals surface area contributed by atoms with E-state index in [0.717, 1.165) is 15.0 Å². The summed E-state index contributed by atoms with van der Waals surface area (Å²) in [6.07, 6.45) is 3.67. The first-order valence-electron chi connectivity index (χ1n) is 3.37. The molecule has 0 bridgehead atoms. The first-order valence-corrected chi connectivity index (χ1v) is 5.04. The number of halogens is 1. The van der Waals surface area contributed by atoms with Crippen LogP contribution >= 0.6 is 27.3 Å². The van der Waals surface area contributed by atoms with E-state index in [9.17, 15) is 0 Å². The first kappa shape index (κ1) is 7.89. The van der Waals surface area contributed by atoms with Gasteiger partial charge in [-0.25, -0.2) is 4.98 Å². The number of rotatable bonds is 1. The van der Waals surface area contributed by atoms with Gasteiger partial charge >= 0.3 is 0 Å². The van der Waals surface area contributed by atoms with Gasteiger partial charge in [-0.3, -0.25) is 4.98 Å². The second kappa shape index (κ2) is 3.33. The smallest absolute Gasteiger partial charge is 0.106 e. The van der Waals surface area contributed by atoms with Gasteiger partial charge in [-0.1, -0.05) is 0 Å². The number of hydrogen-bond acceptors (Lipinski definition) is 3. The molecular weight excluding hydrogens is 236 g/mol. The van der Waals surface area contributed by atoms with Crippen LogP contribution in [-0.2, 0) is 0 Å². The summed E-state index contributed by atoms with van der Waals surface area (Å²) in [4.78, 5) is 9.28. The molecule has 0 fully saturated rings. The first-order chi connectivity index (χ1) is 5.86. The maximum atomic E-state index is 4.13. The minimum absolute atomic E-state index is 0.857. The van der Waals surface area contributed by atoms with Crippen molar-refractivity contribution in [1.29, 1.82) is 0 Å². The summed E-state index contributed by atoms with van der Waals surface area (Å²) in [5, 5.41) is 0. The maximum Gasteiger partial charge on any atom is 0.106 e. The molecule has 2 rings (SSSR count). The Labute approximate surface area is 82.4 Å². The summed E-state index contributed by atoms with van der Waals surface area (Å²) in [5.74, 6) is 0. The van der Waals surface area contributed by atoms with Crippen LogP contribution in [0.5, 0.6) is 0 Å². The normalized spacial score (nSPS) is 10.1. The van der Waals surface area contributed by atoms with Gasteiger partial charge in [-0.15, -0.1) is 11.3 Å². The Hall–Kier alpha value is -0.740. The van der Waals surface area contributed by atoms with Crippen LogP contribution in [-0.4, -0.2) is 9.97 Å². The molecule has 60 valence electrons. The van der Waals surface area contributed by atoms with E-state index in [2.05, 4.69) is 25.9 Å². The molecule has 2 aromatic rings. The fourth-order valence-electron chi connectivity index (χ4n) is 0.880. The van der Waals surface area contributed by atoms with Gasteiger partial charge in [0.05, 0.1) is 10.4 Å². The average molecular weight is 241 g/mol. The van der Waals surface area contributed by atoms with Crippen molar-refractivity contribution in [1.82, 2.24) is 9.97 Å². The lowest BCUT2D eigenvalue weighted by Crippen LogP contribution is -1.76. The molecule has 0 atom stereocenters.